The molecular weight excluding hydrogens is 382 g/mol. The molecule has 9 nitrogen and oxygen atoms in total. The van der Waals surface area contributed by atoms with E-state index in [1.165, 1.54) is 10.4 Å². The number of carbonyl (C=O) groups excluding carboxylic acids is 1. The van der Waals surface area contributed by atoms with Gasteiger partial charge in [-0.2, -0.15) is 4.31 Å². The zero-order valence-electron chi connectivity index (χ0n) is 16.5. The molecule has 3 rings (SSSR count). The van der Waals surface area contributed by atoms with E-state index in [0.29, 0.717) is 31.6 Å². The SMILES string of the molecule is COCCn1nnc2cc(S(=O)(=O)N3CCCCC3C(=O)NC(C)C)ccc21. The van der Waals surface area contributed by atoms with Gasteiger partial charge in [0.05, 0.1) is 23.6 Å². The van der Waals surface area contributed by atoms with Gasteiger partial charge in [0.2, 0.25) is 15.9 Å². The lowest BCUT2D eigenvalue weighted by Gasteiger charge is -2.34. The van der Waals surface area contributed by atoms with Crippen molar-refractivity contribution in [3.05, 3.63) is 18.2 Å². The van der Waals surface area contributed by atoms with Gasteiger partial charge in [-0.15, -0.1) is 5.10 Å². The first-order valence-electron chi connectivity index (χ1n) is 9.49. The average molecular weight is 410 g/mol. The number of methoxy groups -OCH3 is 1. The average Bonchev–Trinajstić information content (AvgIpc) is 3.08. The number of rotatable bonds is 7. The Labute approximate surface area is 165 Å². The molecule has 28 heavy (non-hydrogen) atoms. The summed E-state index contributed by atoms with van der Waals surface area (Å²) in [5, 5.41) is 11.0. The zero-order valence-corrected chi connectivity index (χ0v) is 17.3. The maximum Gasteiger partial charge on any atom is 0.243 e. The predicted molar refractivity (Wildman–Crippen MR) is 104 cm³/mol. The monoisotopic (exact) mass is 409 g/mol. The molecule has 1 aliphatic rings. The first kappa shape index (κ1) is 20.7. The smallest absolute Gasteiger partial charge is 0.243 e. The summed E-state index contributed by atoms with van der Waals surface area (Å²) in [5.41, 5.74) is 1.24. The number of carbonyl (C=O) groups is 1. The largest absolute Gasteiger partial charge is 0.383 e. The molecule has 1 N–H and O–H groups in total. The molecule has 2 aromatic rings. The van der Waals surface area contributed by atoms with E-state index in [1.807, 2.05) is 13.8 Å². The Bertz CT molecular complexity index is 941. The van der Waals surface area contributed by atoms with Crippen LogP contribution in [-0.4, -0.2) is 66.0 Å². The number of hydrogen-bond acceptors (Lipinski definition) is 6. The summed E-state index contributed by atoms with van der Waals surface area (Å²) in [6.07, 6.45) is 2.09. The Hall–Kier alpha value is -2.04. The molecule has 154 valence electrons. The molecule has 1 aliphatic heterocycles. The van der Waals surface area contributed by atoms with Crippen LogP contribution in [0.3, 0.4) is 0 Å². The first-order chi connectivity index (χ1) is 13.3. The molecule has 1 saturated heterocycles. The predicted octanol–water partition coefficient (Wildman–Crippen LogP) is 1.15. The quantitative estimate of drug-likeness (QED) is 0.735. The van der Waals surface area contributed by atoms with Crippen LogP contribution in [0.4, 0.5) is 0 Å². The summed E-state index contributed by atoms with van der Waals surface area (Å²) in [5.74, 6) is -0.245. The van der Waals surface area contributed by atoms with Gasteiger partial charge in [-0.3, -0.25) is 4.79 Å². The molecule has 10 heteroatoms. The van der Waals surface area contributed by atoms with Gasteiger partial charge in [0.25, 0.3) is 0 Å². The number of nitrogens with one attached hydrogen (secondary N) is 1. The number of aromatic nitrogens is 3. The third-order valence-electron chi connectivity index (χ3n) is 4.79. The van der Waals surface area contributed by atoms with E-state index in [-0.39, 0.29) is 16.8 Å². The van der Waals surface area contributed by atoms with Crippen molar-refractivity contribution in [1.29, 1.82) is 0 Å². The van der Waals surface area contributed by atoms with E-state index >= 15 is 0 Å². The summed E-state index contributed by atoms with van der Waals surface area (Å²) < 4.78 is 34.6. The molecular formula is C18H27N5O4S. The molecule has 0 radical (unpaired) electrons. The van der Waals surface area contributed by atoms with Crippen LogP contribution in [0.2, 0.25) is 0 Å². The lowest BCUT2D eigenvalue weighted by molar-refractivity contribution is -0.126. The van der Waals surface area contributed by atoms with Gasteiger partial charge in [0.1, 0.15) is 11.6 Å². The topological polar surface area (TPSA) is 106 Å². The van der Waals surface area contributed by atoms with Gasteiger partial charge in [-0.1, -0.05) is 11.6 Å². The number of nitrogens with zero attached hydrogens (tertiary/aromatic N) is 4. The van der Waals surface area contributed by atoms with Crippen molar-refractivity contribution in [3.63, 3.8) is 0 Å². The normalized spacial score (nSPS) is 18.6. The van der Waals surface area contributed by atoms with Crippen molar-refractivity contribution in [1.82, 2.24) is 24.6 Å². The fourth-order valence-electron chi connectivity index (χ4n) is 3.43. The minimum atomic E-state index is -3.82. The maximum atomic E-state index is 13.3. The van der Waals surface area contributed by atoms with Crippen molar-refractivity contribution in [2.24, 2.45) is 0 Å². The van der Waals surface area contributed by atoms with Crippen molar-refractivity contribution in [2.45, 2.75) is 56.6 Å². The van der Waals surface area contributed by atoms with E-state index in [1.54, 1.807) is 23.9 Å². The zero-order chi connectivity index (χ0) is 20.3. The summed E-state index contributed by atoms with van der Waals surface area (Å²) in [6.45, 7) is 5.07. The summed E-state index contributed by atoms with van der Waals surface area (Å²) in [4.78, 5) is 12.7. The Balaban J connectivity index is 1.91. The highest BCUT2D eigenvalue weighted by atomic mass is 32.2. The van der Waals surface area contributed by atoms with Crippen LogP contribution in [0, 0.1) is 0 Å². The summed E-state index contributed by atoms with van der Waals surface area (Å²) in [7, 11) is -2.21. The Morgan fingerprint density at radius 1 is 1.36 bits per heavy atom. The highest BCUT2D eigenvalue weighted by molar-refractivity contribution is 7.89. The lowest BCUT2D eigenvalue weighted by atomic mass is 10.0. The van der Waals surface area contributed by atoms with Crippen LogP contribution in [-0.2, 0) is 26.1 Å². The van der Waals surface area contributed by atoms with Crippen molar-refractivity contribution < 1.29 is 17.9 Å². The van der Waals surface area contributed by atoms with Gasteiger partial charge in [0.15, 0.2) is 0 Å². The molecule has 1 atom stereocenters. The molecule has 1 aromatic carbocycles. The number of fused-ring (bicyclic) bond motifs is 1. The molecule has 1 unspecified atom stereocenters. The summed E-state index contributed by atoms with van der Waals surface area (Å²) in [6, 6.07) is 4.04. The number of ether oxygens (including phenoxy) is 1. The molecule has 1 fully saturated rings. The van der Waals surface area contributed by atoms with Crippen molar-refractivity contribution in [2.75, 3.05) is 20.3 Å². The van der Waals surface area contributed by atoms with Gasteiger partial charge >= 0.3 is 0 Å². The fourth-order valence-corrected chi connectivity index (χ4v) is 5.10. The lowest BCUT2D eigenvalue weighted by Crippen LogP contribution is -2.52. The van der Waals surface area contributed by atoms with Crippen LogP contribution in [0.1, 0.15) is 33.1 Å². The molecule has 1 amide bonds. The minimum Gasteiger partial charge on any atom is -0.383 e. The van der Waals surface area contributed by atoms with E-state index in [4.69, 9.17) is 4.74 Å². The van der Waals surface area contributed by atoms with E-state index in [9.17, 15) is 13.2 Å². The minimum absolute atomic E-state index is 0.0440. The van der Waals surface area contributed by atoms with E-state index < -0.39 is 16.1 Å². The summed E-state index contributed by atoms with van der Waals surface area (Å²) >= 11 is 0. The van der Waals surface area contributed by atoms with Crippen molar-refractivity contribution >= 4 is 27.0 Å². The fraction of sp³-hybridized carbons (Fsp3) is 0.611. The van der Waals surface area contributed by atoms with Crippen LogP contribution in [0.25, 0.3) is 11.0 Å². The van der Waals surface area contributed by atoms with Crippen LogP contribution in [0.5, 0.6) is 0 Å². The Kier molecular flexibility index (Phi) is 6.31. The Morgan fingerprint density at radius 3 is 2.86 bits per heavy atom. The molecule has 0 bridgehead atoms. The molecule has 0 aliphatic carbocycles. The second-order valence-corrected chi connectivity index (χ2v) is 9.14. The van der Waals surface area contributed by atoms with Gasteiger partial charge < -0.3 is 10.1 Å². The second-order valence-electron chi connectivity index (χ2n) is 7.25. The molecule has 0 saturated carbocycles. The second kappa shape index (κ2) is 8.54. The van der Waals surface area contributed by atoms with Crippen LogP contribution in [0.15, 0.2) is 23.1 Å². The Morgan fingerprint density at radius 2 is 2.14 bits per heavy atom. The third-order valence-corrected chi connectivity index (χ3v) is 6.69. The molecule has 2 heterocycles. The van der Waals surface area contributed by atoms with Gasteiger partial charge in [-0.25, -0.2) is 13.1 Å². The van der Waals surface area contributed by atoms with E-state index in [2.05, 4.69) is 15.6 Å². The standard InChI is InChI=1S/C18H27N5O4S/c1-13(2)19-18(24)17-6-4-5-9-23(17)28(25,26)14-7-8-16-15(12-14)20-21-22(16)10-11-27-3/h7-8,12-13,17H,4-6,9-11H2,1-3H3,(H,19,24). The highest BCUT2D eigenvalue weighted by Gasteiger charge is 2.37. The number of benzene rings is 1. The van der Waals surface area contributed by atoms with Crippen molar-refractivity contribution in [3.8, 4) is 0 Å². The highest BCUT2D eigenvalue weighted by Crippen LogP contribution is 2.27. The van der Waals surface area contributed by atoms with Gasteiger partial charge in [-0.05, 0) is 44.9 Å². The number of amides is 1. The molecule has 0 spiro atoms. The number of hydrogen-bond donors (Lipinski definition) is 1. The van der Waals surface area contributed by atoms with Gasteiger partial charge in [0, 0.05) is 19.7 Å². The third kappa shape index (κ3) is 4.18. The number of sulfonamides is 1. The maximum absolute atomic E-state index is 13.3. The van der Waals surface area contributed by atoms with E-state index in [0.717, 1.165) is 18.4 Å². The first-order valence-corrected chi connectivity index (χ1v) is 10.9. The number of piperidine rings is 1. The molecule has 1 aromatic heterocycles. The van der Waals surface area contributed by atoms with Crippen LogP contribution >= 0.6 is 0 Å². The van der Waals surface area contributed by atoms with Crippen LogP contribution < -0.4 is 5.32 Å².